The summed E-state index contributed by atoms with van der Waals surface area (Å²) in [7, 11) is 0. The van der Waals surface area contributed by atoms with Crippen molar-refractivity contribution in [1.82, 2.24) is 5.32 Å². The van der Waals surface area contributed by atoms with Gasteiger partial charge in [0, 0.05) is 6.54 Å². The van der Waals surface area contributed by atoms with E-state index >= 15 is 0 Å². The normalized spacial score (nSPS) is 18.6. The van der Waals surface area contributed by atoms with Crippen LogP contribution in [0.3, 0.4) is 0 Å². The van der Waals surface area contributed by atoms with Crippen molar-refractivity contribution in [1.29, 1.82) is 0 Å². The fraction of sp³-hybridized carbons (Fsp3) is 0.250. The second-order valence-corrected chi connectivity index (χ2v) is 4.14. The third kappa shape index (κ3) is 2.55. The number of urea groups is 1. The molecule has 1 fully saturated rings. The van der Waals surface area contributed by atoms with Crippen molar-refractivity contribution in [2.24, 2.45) is 5.73 Å². The minimum Gasteiger partial charge on any atom is -0.481 e. The maximum absolute atomic E-state index is 12.0. The van der Waals surface area contributed by atoms with Crippen molar-refractivity contribution in [3.05, 3.63) is 29.8 Å². The fourth-order valence-corrected chi connectivity index (χ4v) is 1.87. The predicted molar refractivity (Wildman–Crippen MR) is 66.4 cm³/mol. The SMILES string of the molecule is NCc1ccc(N2C(=O)NC(CC(=O)O)C2=O)cc1. The molecule has 1 atom stereocenters. The van der Waals surface area contributed by atoms with E-state index in [-0.39, 0.29) is 0 Å². The summed E-state index contributed by atoms with van der Waals surface area (Å²) in [5, 5.41) is 11.0. The number of nitrogens with zero attached hydrogens (tertiary/aromatic N) is 1. The van der Waals surface area contributed by atoms with Gasteiger partial charge in [0.25, 0.3) is 5.91 Å². The molecule has 0 aromatic heterocycles. The lowest BCUT2D eigenvalue weighted by Gasteiger charge is -2.13. The summed E-state index contributed by atoms with van der Waals surface area (Å²) in [6.45, 7) is 0.363. The molecule has 19 heavy (non-hydrogen) atoms. The molecule has 7 nitrogen and oxygen atoms in total. The molecular formula is C12H13N3O4. The lowest BCUT2D eigenvalue weighted by atomic mass is 10.1. The number of nitrogens with one attached hydrogen (secondary N) is 1. The van der Waals surface area contributed by atoms with Crippen molar-refractivity contribution < 1.29 is 19.5 Å². The Hall–Kier alpha value is -2.41. The summed E-state index contributed by atoms with van der Waals surface area (Å²) in [5.41, 5.74) is 6.73. The molecule has 7 heteroatoms. The number of rotatable bonds is 4. The minimum absolute atomic E-state index is 0.363. The zero-order valence-corrected chi connectivity index (χ0v) is 10.00. The van der Waals surface area contributed by atoms with Gasteiger partial charge in [-0.15, -0.1) is 0 Å². The lowest BCUT2D eigenvalue weighted by Crippen LogP contribution is -2.32. The number of imide groups is 1. The molecule has 1 aliphatic rings. The number of carboxylic acid groups (broad SMARTS) is 1. The highest BCUT2D eigenvalue weighted by molar-refractivity contribution is 6.21. The van der Waals surface area contributed by atoms with Crippen molar-refractivity contribution >= 4 is 23.6 Å². The molecule has 1 unspecified atom stereocenters. The third-order valence-electron chi connectivity index (χ3n) is 2.83. The summed E-state index contributed by atoms with van der Waals surface area (Å²) < 4.78 is 0. The van der Waals surface area contributed by atoms with Crippen LogP contribution in [-0.2, 0) is 16.1 Å². The van der Waals surface area contributed by atoms with Gasteiger partial charge in [0.15, 0.2) is 0 Å². The van der Waals surface area contributed by atoms with Crippen molar-refractivity contribution in [3.63, 3.8) is 0 Å². The quantitative estimate of drug-likeness (QED) is 0.664. The van der Waals surface area contributed by atoms with Crippen LogP contribution in [0.25, 0.3) is 0 Å². The van der Waals surface area contributed by atoms with Crippen LogP contribution in [0.15, 0.2) is 24.3 Å². The fourth-order valence-electron chi connectivity index (χ4n) is 1.87. The number of hydrogen-bond donors (Lipinski definition) is 3. The number of carbonyl (C=O) groups is 3. The van der Waals surface area contributed by atoms with Gasteiger partial charge in [-0.05, 0) is 17.7 Å². The van der Waals surface area contributed by atoms with Crippen LogP contribution in [0.4, 0.5) is 10.5 Å². The van der Waals surface area contributed by atoms with E-state index in [2.05, 4.69) is 5.32 Å². The van der Waals surface area contributed by atoms with Crippen LogP contribution in [0.5, 0.6) is 0 Å². The molecule has 0 aliphatic carbocycles. The number of anilines is 1. The predicted octanol–water partition coefficient (Wildman–Crippen LogP) is 0.0448. The molecule has 0 bridgehead atoms. The van der Waals surface area contributed by atoms with E-state index in [9.17, 15) is 14.4 Å². The first-order chi connectivity index (χ1) is 9.02. The molecule has 0 saturated carbocycles. The van der Waals surface area contributed by atoms with E-state index in [1.807, 2.05) is 0 Å². The Morgan fingerprint density at radius 2 is 1.95 bits per heavy atom. The Labute approximate surface area is 109 Å². The van der Waals surface area contributed by atoms with Crippen LogP contribution < -0.4 is 16.0 Å². The van der Waals surface area contributed by atoms with Gasteiger partial charge in [-0.2, -0.15) is 0 Å². The monoisotopic (exact) mass is 263 g/mol. The summed E-state index contributed by atoms with van der Waals surface area (Å²) in [6.07, 6.45) is -0.429. The molecule has 100 valence electrons. The largest absolute Gasteiger partial charge is 0.481 e. The van der Waals surface area contributed by atoms with E-state index in [0.717, 1.165) is 10.5 Å². The van der Waals surface area contributed by atoms with Gasteiger partial charge in [-0.25, -0.2) is 9.69 Å². The zero-order chi connectivity index (χ0) is 14.0. The highest BCUT2D eigenvalue weighted by Crippen LogP contribution is 2.21. The van der Waals surface area contributed by atoms with Crippen LogP contribution in [0, 0.1) is 0 Å². The summed E-state index contributed by atoms with van der Waals surface area (Å²) >= 11 is 0. The smallest absolute Gasteiger partial charge is 0.329 e. The van der Waals surface area contributed by atoms with Crippen molar-refractivity contribution in [2.45, 2.75) is 19.0 Å². The van der Waals surface area contributed by atoms with Crippen LogP contribution in [0.1, 0.15) is 12.0 Å². The average molecular weight is 263 g/mol. The van der Waals surface area contributed by atoms with Gasteiger partial charge >= 0.3 is 12.0 Å². The first-order valence-corrected chi connectivity index (χ1v) is 5.68. The number of carboxylic acids is 1. The Kier molecular flexibility index (Phi) is 3.48. The molecule has 0 radical (unpaired) electrons. The molecule has 2 rings (SSSR count). The Balaban J connectivity index is 2.21. The summed E-state index contributed by atoms with van der Waals surface area (Å²) in [6, 6.07) is 4.99. The summed E-state index contributed by atoms with van der Waals surface area (Å²) in [4.78, 5) is 35.2. The van der Waals surface area contributed by atoms with Gasteiger partial charge < -0.3 is 16.2 Å². The molecule has 1 saturated heterocycles. The minimum atomic E-state index is -1.14. The van der Waals surface area contributed by atoms with Crippen LogP contribution in [-0.4, -0.2) is 29.1 Å². The van der Waals surface area contributed by atoms with E-state index in [0.29, 0.717) is 12.2 Å². The molecule has 1 aliphatic heterocycles. The van der Waals surface area contributed by atoms with Gasteiger partial charge in [0.2, 0.25) is 0 Å². The van der Waals surface area contributed by atoms with Gasteiger partial charge in [0.05, 0.1) is 12.1 Å². The number of carbonyl (C=O) groups excluding carboxylic acids is 2. The topological polar surface area (TPSA) is 113 Å². The van der Waals surface area contributed by atoms with E-state index in [4.69, 9.17) is 10.8 Å². The molecule has 1 aromatic carbocycles. The first-order valence-electron chi connectivity index (χ1n) is 5.68. The zero-order valence-electron chi connectivity index (χ0n) is 10.00. The Bertz CT molecular complexity index is 526. The number of amides is 3. The molecular weight excluding hydrogens is 250 g/mol. The van der Waals surface area contributed by atoms with E-state index < -0.39 is 30.4 Å². The van der Waals surface area contributed by atoms with Crippen LogP contribution in [0.2, 0.25) is 0 Å². The maximum Gasteiger partial charge on any atom is 0.329 e. The second kappa shape index (κ2) is 5.07. The molecule has 0 spiro atoms. The second-order valence-electron chi connectivity index (χ2n) is 4.14. The third-order valence-corrected chi connectivity index (χ3v) is 2.83. The van der Waals surface area contributed by atoms with E-state index in [1.165, 1.54) is 0 Å². The maximum atomic E-state index is 12.0. The lowest BCUT2D eigenvalue weighted by molar-refractivity contribution is -0.139. The summed E-state index contributed by atoms with van der Waals surface area (Å²) in [5.74, 6) is -1.70. The number of nitrogens with two attached hydrogens (primary N) is 1. The van der Waals surface area contributed by atoms with E-state index in [1.54, 1.807) is 24.3 Å². The van der Waals surface area contributed by atoms with Crippen molar-refractivity contribution in [2.75, 3.05) is 4.90 Å². The highest BCUT2D eigenvalue weighted by Gasteiger charge is 2.39. The highest BCUT2D eigenvalue weighted by atomic mass is 16.4. The number of aliphatic carboxylic acids is 1. The van der Waals surface area contributed by atoms with Gasteiger partial charge in [-0.3, -0.25) is 9.59 Å². The van der Waals surface area contributed by atoms with Crippen molar-refractivity contribution in [3.8, 4) is 0 Å². The molecule has 3 amide bonds. The Morgan fingerprint density at radius 1 is 1.32 bits per heavy atom. The Morgan fingerprint density at radius 3 is 2.47 bits per heavy atom. The first kappa shape index (κ1) is 13.0. The van der Waals surface area contributed by atoms with Gasteiger partial charge in [0.1, 0.15) is 6.04 Å². The number of hydrogen-bond acceptors (Lipinski definition) is 4. The molecule has 4 N–H and O–H groups in total. The average Bonchev–Trinajstić information content (AvgIpc) is 2.64. The van der Waals surface area contributed by atoms with Gasteiger partial charge in [-0.1, -0.05) is 12.1 Å². The van der Waals surface area contributed by atoms with Crippen LogP contribution >= 0.6 is 0 Å². The standard InChI is InChI=1S/C12H13N3O4/c13-6-7-1-3-8(4-2-7)15-11(18)9(5-10(16)17)14-12(15)19/h1-4,9H,5-6,13H2,(H,14,19)(H,16,17). The molecule has 1 heterocycles. The molecule has 1 aromatic rings. The number of benzene rings is 1.